The molecule has 6 nitrogen and oxygen atoms in total. The van der Waals surface area contributed by atoms with Crippen LogP contribution in [0.25, 0.3) is 10.8 Å². The second-order valence-electron chi connectivity index (χ2n) is 7.34. The van der Waals surface area contributed by atoms with Gasteiger partial charge in [0.25, 0.3) is 15.9 Å². The van der Waals surface area contributed by atoms with Gasteiger partial charge in [0.15, 0.2) is 0 Å². The van der Waals surface area contributed by atoms with E-state index < -0.39 is 10.0 Å². The molecule has 0 atom stereocenters. The predicted molar refractivity (Wildman–Crippen MR) is 123 cm³/mol. The topological polar surface area (TPSA) is 75.7 Å². The summed E-state index contributed by atoms with van der Waals surface area (Å²) in [5.41, 5.74) is 0.451. The number of nitrogens with one attached hydrogen (secondary N) is 1. The predicted octanol–water partition coefficient (Wildman–Crippen LogP) is 4.93. The zero-order valence-corrected chi connectivity index (χ0v) is 18.7. The molecule has 1 heterocycles. The number of nitrogens with zero attached hydrogens (tertiary/aromatic N) is 1. The molecule has 0 aliphatic carbocycles. The Morgan fingerprint density at radius 2 is 1.77 bits per heavy atom. The van der Waals surface area contributed by atoms with Crippen molar-refractivity contribution in [3.8, 4) is 5.75 Å². The van der Waals surface area contributed by atoms with E-state index in [1.54, 1.807) is 35.2 Å². The summed E-state index contributed by atoms with van der Waals surface area (Å²) in [5, 5.41) is 1.58. The van der Waals surface area contributed by atoms with E-state index in [9.17, 15) is 13.2 Å². The Hall–Kier alpha value is -2.77. The van der Waals surface area contributed by atoms with Crippen molar-refractivity contribution in [2.45, 2.75) is 24.7 Å². The highest BCUT2D eigenvalue weighted by atomic mass is 35.5. The van der Waals surface area contributed by atoms with Gasteiger partial charge >= 0.3 is 0 Å². The van der Waals surface area contributed by atoms with Gasteiger partial charge in [0.2, 0.25) is 0 Å². The maximum atomic E-state index is 13.4. The third kappa shape index (κ3) is 4.34. The third-order valence-electron chi connectivity index (χ3n) is 5.28. The highest BCUT2D eigenvalue weighted by Gasteiger charge is 2.25. The highest BCUT2D eigenvalue weighted by molar-refractivity contribution is 7.93. The average molecular weight is 459 g/mol. The molecule has 31 heavy (non-hydrogen) atoms. The molecule has 0 spiro atoms. The molecule has 0 radical (unpaired) electrons. The van der Waals surface area contributed by atoms with E-state index in [0.717, 1.165) is 12.8 Å². The minimum Gasteiger partial charge on any atom is -0.493 e. The number of amides is 1. The Balaban J connectivity index is 1.76. The fraction of sp³-hybridized carbons (Fsp3) is 0.261. The Morgan fingerprint density at radius 3 is 2.48 bits per heavy atom. The summed E-state index contributed by atoms with van der Waals surface area (Å²) in [6.07, 6.45) is 1.89. The smallest absolute Gasteiger partial charge is 0.262 e. The van der Waals surface area contributed by atoms with Gasteiger partial charge in [-0.3, -0.25) is 9.52 Å². The molecule has 1 saturated heterocycles. The largest absolute Gasteiger partial charge is 0.493 e. The maximum Gasteiger partial charge on any atom is 0.262 e. The van der Waals surface area contributed by atoms with Gasteiger partial charge in [-0.25, -0.2) is 8.42 Å². The number of halogens is 1. The molecule has 162 valence electrons. The number of carbonyl (C=O) groups excluding carboxylic acids is 1. The molecule has 3 aromatic carbocycles. The van der Waals surface area contributed by atoms with Crippen LogP contribution in [0.5, 0.6) is 5.75 Å². The van der Waals surface area contributed by atoms with Gasteiger partial charge in [-0.05, 0) is 50.1 Å². The molecule has 0 bridgehead atoms. The third-order valence-corrected chi connectivity index (χ3v) is 6.94. The molecule has 3 aromatic rings. The molecule has 0 aromatic heterocycles. The summed E-state index contributed by atoms with van der Waals surface area (Å²) in [4.78, 5) is 14.8. The van der Waals surface area contributed by atoms with E-state index in [-0.39, 0.29) is 22.1 Å². The molecular weight excluding hydrogens is 436 g/mol. The molecule has 0 unspecified atom stereocenters. The number of hydrogen-bond donors (Lipinski definition) is 1. The Labute approximate surface area is 186 Å². The monoisotopic (exact) mass is 458 g/mol. The fourth-order valence-corrected chi connectivity index (χ4v) is 5.29. The number of carbonyl (C=O) groups is 1. The van der Waals surface area contributed by atoms with Crippen molar-refractivity contribution in [2.24, 2.45) is 0 Å². The van der Waals surface area contributed by atoms with Crippen LogP contribution in [0.1, 0.15) is 30.1 Å². The number of rotatable bonds is 6. The average Bonchev–Trinajstić information content (AvgIpc) is 3.28. The molecule has 1 amide bonds. The lowest BCUT2D eigenvalue weighted by molar-refractivity contribution is 0.0794. The van der Waals surface area contributed by atoms with Crippen molar-refractivity contribution in [3.05, 3.63) is 65.2 Å². The minimum absolute atomic E-state index is 0.103. The second-order valence-corrected chi connectivity index (χ2v) is 9.42. The number of benzene rings is 3. The van der Waals surface area contributed by atoms with E-state index in [1.807, 2.05) is 19.1 Å². The first-order chi connectivity index (χ1) is 14.9. The van der Waals surface area contributed by atoms with Crippen LogP contribution >= 0.6 is 11.6 Å². The standard InChI is InChI=1S/C23H23ClN2O4S/c1-2-30-21-11-12-22(18-8-4-3-7-17(18)21)31(28,29)25-20-15-16(24)9-10-19(20)23(27)26-13-5-6-14-26/h3-4,7-12,15,25H,2,5-6,13-14H2,1H3. The number of sulfonamides is 1. The molecule has 8 heteroatoms. The van der Waals surface area contributed by atoms with Crippen LogP contribution in [0.15, 0.2) is 59.5 Å². The van der Waals surface area contributed by atoms with Gasteiger partial charge in [-0.15, -0.1) is 0 Å². The molecule has 4 rings (SSSR count). The van der Waals surface area contributed by atoms with Gasteiger partial charge < -0.3 is 9.64 Å². The van der Waals surface area contributed by atoms with Crippen molar-refractivity contribution >= 4 is 44.0 Å². The zero-order chi connectivity index (χ0) is 22.0. The van der Waals surface area contributed by atoms with Crippen molar-refractivity contribution in [3.63, 3.8) is 0 Å². The van der Waals surface area contributed by atoms with E-state index >= 15 is 0 Å². The minimum atomic E-state index is -4.00. The number of hydrogen-bond acceptors (Lipinski definition) is 4. The summed E-state index contributed by atoms with van der Waals surface area (Å²) < 4.78 is 35.0. The van der Waals surface area contributed by atoms with Crippen LogP contribution < -0.4 is 9.46 Å². The quantitative estimate of drug-likeness (QED) is 0.568. The first kappa shape index (κ1) is 21.5. The highest BCUT2D eigenvalue weighted by Crippen LogP contribution is 2.33. The van der Waals surface area contributed by atoms with E-state index in [2.05, 4.69) is 4.72 Å². The summed E-state index contributed by atoms with van der Waals surface area (Å²) in [7, 11) is -4.00. The lowest BCUT2D eigenvalue weighted by Gasteiger charge is -2.19. The Morgan fingerprint density at radius 1 is 1.06 bits per heavy atom. The van der Waals surface area contributed by atoms with Crippen LogP contribution in [0.3, 0.4) is 0 Å². The molecule has 1 fully saturated rings. The van der Waals surface area contributed by atoms with Gasteiger partial charge in [0.1, 0.15) is 5.75 Å². The SMILES string of the molecule is CCOc1ccc(S(=O)(=O)Nc2cc(Cl)ccc2C(=O)N2CCCC2)c2ccccc12. The Kier molecular flexibility index (Phi) is 6.07. The van der Waals surface area contributed by atoms with E-state index in [0.29, 0.717) is 41.2 Å². The fourth-order valence-electron chi connectivity index (χ4n) is 3.84. The molecule has 0 saturated carbocycles. The molecule has 1 N–H and O–H groups in total. The van der Waals surface area contributed by atoms with Crippen molar-refractivity contribution in [2.75, 3.05) is 24.4 Å². The van der Waals surface area contributed by atoms with Crippen LogP contribution in [0, 0.1) is 0 Å². The number of ether oxygens (including phenoxy) is 1. The van der Waals surface area contributed by atoms with E-state index in [4.69, 9.17) is 16.3 Å². The molecular formula is C23H23ClN2O4S. The van der Waals surface area contributed by atoms with Gasteiger partial charge in [0.05, 0.1) is 22.8 Å². The zero-order valence-electron chi connectivity index (χ0n) is 17.1. The van der Waals surface area contributed by atoms with Crippen LogP contribution in [-0.2, 0) is 10.0 Å². The van der Waals surface area contributed by atoms with Gasteiger partial charge in [-0.2, -0.15) is 0 Å². The van der Waals surface area contributed by atoms with Crippen molar-refractivity contribution < 1.29 is 17.9 Å². The normalized spacial score (nSPS) is 14.1. The Bertz CT molecular complexity index is 1240. The first-order valence-electron chi connectivity index (χ1n) is 10.2. The van der Waals surface area contributed by atoms with Crippen LogP contribution in [-0.4, -0.2) is 38.9 Å². The summed E-state index contributed by atoms with van der Waals surface area (Å²) in [6.45, 7) is 3.67. The number of fused-ring (bicyclic) bond motifs is 1. The van der Waals surface area contributed by atoms with Gasteiger partial charge in [-0.1, -0.05) is 35.9 Å². The lowest BCUT2D eigenvalue weighted by atomic mass is 10.1. The van der Waals surface area contributed by atoms with Crippen LogP contribution in [0.2, 0.25) is 5.02 Å². The second kappa shape index (κ2) is 8.77. The first-order valence-corrected chi connectivity index (χ1v) is 12.0. The van der Waals surface area contributed by atoms with Gasteiger partial charge in [0, 0.05) is 28.9 Å². The van der Waals surface area contributed by atoms with Crippen molar-refractivity contribution in [1.29, 1.82) is 0 Å². The van der Waals surface area contributed by atoms with Crippen LogP contribution in [0.4, 0.5) is 5.69 Å². The number of likely N-dealkylation sites (tertiary alicyclic amines) is 1. The lowest BCUT2D eigenvalue weighted by Crippen LogP contribution is -2.29. The molecule has 1 aliphatic heterocycles. The van der Waals surface area contributed by atoms with Crippen molar-refractivity contribution in [1.82, 2.24) is 4.90 Å². The van der Waals surface area contributed by atoms with E-state index in [1.165, 1.54) is 12.1 Å². The summed E-state index contributed by atoms with van der Waals surface area (Å²) in [5.74, 6) is 0.410. The summed E-state index contributed by atoms with van der Waals surface area (Å²) in [6, 6.07) is 15.0. The number of anilines is 1. The maximum absolute atomic E-state index is 13.4. The molecule has 1 aliphatic rings. The summed E-state index contributed by atoms with van der Waals surface area (Å²) >= 11 is 6.13.